The van der Waals surface area contributed by atoms with Gasteiger partial charge >= 0.3 is 0 Å². The van der Waals surface area contributed by atoms with Crippen molar-refractivity contribution < 1.29 is 9.53 Å². The number of aromatic nitrogens is 1. The highest BCUT2D eigenvalue weighted by atomic mass is 16.5. The summed E-state index contributed by atoms with van der Waals surface area (Å²) in [6.07, 6.45) is 1.69. The molecule has 1 saturated carbocycles. The van der Waals surface area contributed by atoms with Crippen molar-refractivity contribution >= 4 is 5.91 Å². The highest BCUT2D eigenvalue weighted by Gasteiger charge is 2.64. The minimum Gasteiger partial charge on any atom is -0.489 e. The molecule has 0 spiro atoms. The van der Waals surface area contributed by atoms with Crippen molar-refractivity contribution in [2.75, 3.05) is 0 Å². The number of rotatable bonds is 5. The lowest BCUT2D eigenvalue weighted by atomic mass is 9.49. The van der Waals surface area contributed by atoms with Gasteiger partial charge in [0.15, 0.2) is 0 Å². The predicted octanol–water partition coefficient (Wildman–Crippen LogP) is 5.31. The van der Waals surface area contributed by atoms with Gasteiger partial charge in [-0.3, -0.25) is 9.78 Å². The summed E-state index contributed by atoms with van der Waals surface area (Å²) >= 11 is 0. The lowest BCUT2D eigenvalue weighted by Gasteiger charge is -2.63. The molecular formula is C26H33N3O2. The van der Waals surface area contributed by atoms with Crippen LogP contribution in [0.1, 0.15) is 80.2 Å². The van der Waals surface area contributed by atoms with E-state index in [1.807, 2.05) is 32.0 Å². The molecule has 1 aliphatic rings. The zero-order chi connectivity index (χ0) is 23.1. The van der Waals surface area contributed by atoms with E-state index in [2.05, 4.69) is 57.9 Å². The van der Waals surface area contributed by atoms with Crippen LogP contribution in [0.3, 0.4) is 0 Å². The number of nitriles is 1. The zero-order valence-corrected chi connectivity index (χ0v) is 19.8. The van der Waals surface area contributed by atoms with Crippen LogP contribution >= 0.6 is 0 Å². The molecular weight excluding hydrogens is 386 g/mol. The minimum atomic E-state index is -0.273. The summed E-state index contributed by atoms with van der Waals surface area (Å²) in [6.45, 7) is 16.6. The standard InChI is InChI=1S/C26H33N3O2/c1-15(2)19-9-11-20(28-14-19)22(30)29-23-25(5,6)24(26(23,7)8)31-21-12-10-18(13-27)16(3)17(21)4/h9-12,14-15,23-24H,1-8H3,(H,29,30). The molecule has 1 aliphatic carbocycles. The number of hydrogen-bond donors (Lipinski definition) is 1. The van der Waals surface area contributed by atoms with Crippen LogP contribution in [0.25, 0.3) is 0 Å². The quantitative estimate of drug-likeness (QED) is 0.713. The van der Waals surface area contributed by atoms with Crippen LogP contribution in [0.4, 0.5) is 0 Å². The van der Waals surface area contributed by atoms with Crippen molar-refractivity contribution in [3.8, 4) is 11.8 Å². The maximum atomic E-state index is 12.9. The van der Waals surface area contributed by atoms with Gasteiger partial charge in [-0.2, -0.15) is 5.26 Å². The molecule has 1 amide bonds. The van der Waals surface area contributed by atoms with Crippen molar-refractivity contribution in [2.45, 2.75) is 73.5 Å². The van der Waals surface area contributed by atoms with Crippen LogP contribution in [0.2, 0.25) is 0 Å². The van der Waals surface area contributed by atoms with E-state index in [1.165, 1.54) is 0 Å². The first kappa shape index (κ1) is 22.8. The van der Waals surface area contributed by atoms with E-state index in [1.54, 1.807) is 12.3 Å². The summed E-state index contributed by atoms with van der Waals surface area (Å²) in [5.74, 6) is 1.00. The molecule has 2 aromatic rings. The molecule has 0 atom stereocenters. The van der Waals surface area contributed by atoms with Gasteiger partial charge in [0.1, 0.15) is 17.5 Å². The maximum absolute atomic E-state index is 12.9. The fourth-order valence-corrected chi connectivity index (χ4v) is 5.06. The second-order valence-electron chi connectivity index (χ2n) is 10.2. The summed E-state index contributed by atoms with van der Waals surface area (Å²) in [7, 11) is 0. The van der Waals surface area contributed by atoms with E-state index < -0.39 is 0 Å². The van der Waals surface area contributed by atoms with Crippen LogP contribution in [0.5, 0.6) is 5.75 Å². The van der Waals surface area contributed by atoms with Gasteiger partial charge in [-0.25, -0.2) is 0 Å². The smallest absolute Gasteiger partial charge is 0.270 e. The molecule has 3 rings (SSSR count). The Kier molecular flexibility index (Phi) is 5.88. The highest BCUT2D eigenvalue weighted by Crippen LogP contribution is 2.55. The van der Waals surface area contributed by atoms with E-state index in [0.29, 0.717) is 17.2 Å². The molecule has 1 heterocycles. The number of benzene rings is 1. The number of hydrogen-bond acceptors (Lipinski definition) is 4. The number of nitrogens with zero attached hydrogens (tertiary/aromatic N) is 2. The average Bonchev–Trinajstić information content (AvgIpc) is 2.72. The molecule has 1 aromatic carbocycles. The predicted molar refractivity (Wildman–Crippen MR) is 122 cm³/mol. The van der Waals surface area contributed by atoms with Crippen molar-refractivity contribution in [3.05, 3.63) is 58.4 Å². The van der Waals surface area contributed by atoms with Gasteiger partial charge < -0.3 is 10.1 Å². The third kappa shape index (κ3) is 3.92. The molecule has 0 unspecified atom stereocenters. The lowest BCUT2D eigenvalue weighted by molar-refractivity contribution is -0.164. The van der Waals surface area contributed by atoms with Crippen molar-refractivity contribution in [1.29, 1.82) is 5.26 Å². The number of amides is 1. The molecule has 1 aromatic heterocycles. The van der Waals surface area contributed by atoms with Crippen LogP contribution < -0.4 is 10.1 Å². The Morgan fingerprint density at radius 2 is 1.74 bits per heavy atom. The van der Waals surface area contributed by atoms with Crippen molar-refractivity contribution in [3.63, 3.8) is 0 Å². The third-order valence-electron chi connectivity index (χ3n) is 6.90. The molecule has 5 heteroatoms. The number of ether oxygens (including phenoxy) is 1. The molecule has 31 heavy (non-hydrogen) atoms. The summed E-state index contributed by atoms with van der Waals surface area (Å²) in [6, 6.07) is 9.59. The van der Waals surface area contributed by atoms with Crippen molar-refractivity contribution in [1.82, 2.24) is 10.3 Å². The second kappa shape index (κ2) is 8.00. The molecule has 1 N–H and O–H groups in total. The van der Waals surface area contributed by atoms with Crippen LogP contribution in [0.15, 0.2) is 30.5 Å². The van der Waals surface area contributed by atoms with Crippen LogP contribution in [-0.2, 0) is 0 Å². The Morgan fingerprint density at radius 1 is 1.10 bits per heavy atom. The Hall–Kier alpha value is -2.87. The van der Waals surface area contributed by atoms with Gasteiger partial charge in [-0.05, 0) is 54.7 Å². The summed E-state index contributed by atoms with van der Waals surface area (Å²) in [5, 5.41) is 12.5. The van der Waals surface area contributed by atoms with E-state index in [-0.39, 0.29) is 28.9 Å². The van der Waals surface area contributed by atoms with Gasteiger partial charge in [0.05, 0.1) is 11.6 Å². The maximum Gasteiger partial charge on any atom is 0.270 e. The summed E-state index contributed by atoms with van der Waals surface area (Å²) in [4.78, 5) is 17.3. The molecule has 0 aliphatic heterocycles. The van der Waals surface area contributed by atoms with E-state index in [0.717, 1.165) is 22.4 Å². The third-order valence-corrected chi connectivity index (χ3v) is 6.90. The molecule has 0 saturated heterocycles. The first-order chi connectivity index (χ1) is 14.4. The highest BCUT2D eigenvalue weighted by molar-refractivity contribution is 5.92. The fourth-order valence-electron chi connectivity index (χ4n) is 5.06. The molecule has 0 radical (unpaired) electrons. The van der Waals surface area contributed by atoms with Crippen LogP contribution in [0, 0.1) is 36.0 Å². The first-order valence-electron chi connectivity index (χ1n) is 10.8. The normalized spacial score (nSPS) is 21.2. The number of pyridine rings is 1. The minimum absolute atomic E-state index is 0.0659. The average molecular weight is 420 g/mol. The van der Waals surface area contributed by atoms with E-state index in [4.69, 9.17) is 4.74 Å². The Morgan fingerprint density at radius 3 is 2.26 bits per heavy atom. The van der Waals surface area contributed by atoms with Crippen molar-refractivity contribution in [2.24, 2.45) is 10.8 Å². The summed E-state index contributed by atoms with van der Waals surface area (Å²) < 4.78 is 6.48. The topological polar surface area (TPSA) is 75.0 Å². The number of carbonyl (C=O) groups is 1. The second-order valence-corrected chi connectivity index (χ2v) is 10.2. The molecule has 5 nitrogen and oxygen atoms in total. The fraction of sp³-hybridized carbons (Fsp3) is 0.500. The van der Waals surface area contributed by atoms with Crippen LogP contribution in [-0.4, -0.2) is 23.0 Å². The molecule has 0 bridgehead atoms. The number of nitrogens with one attached hydrogen (secondary N) is 1. The van der Waals surface area contributed by atoms with Gasteiger partial charge in [0.2, 0.25) is 0 Å². The van der Waals surface area contributed by atoms with E-state index in [9.17, 15) is 10.1 Å². The largest absolute Gasteiger partial charge is 0.489 e. The summed E-state index contributed by atoms with van der Waals surface area (Å²) in [5.41, 5.74) is 3.58. The SMILES string of the molecule is Cc1c(C#N)ccc(OC2C(C)(C)C(NC(=O)c3ccc(C(C)C)cn3)C2(C)C)c1C. The Bertz CT molecular complexity index is 1010. The van der Waals surface area contributed by atoms with Gasteiger partial charge in [-0.15, -0.1) is 0 Å². The lowest BCUT2D eigenvalue weighted by Crippen LogP contribution is -2.74. The Labute approximate surface area is 185 Å². The first-order valence-corrected chi connectivity index (χ1v) is 10.8. The van der Waals surface area contributed by atoms with Gasteiger partial charge in [0.25, 0.3) is 5.91 Å². The van der Waals surface area contributed by atoms with Gasteiger partial charge in [-0.1, -0.05) is 47.6 Å². The zero-order valence-electron chi connectivity index (χ0n) is 19.8. The monoisotopic (exact) mass is 419 g/mol. The molecule has 164 valence electrons. The number of carbonyl (C=O) groups excluding carboxylic acids is 1. The van der Waals surface area contributed by atoms with Gasteiger partial charge in [0, 0.05) is 23.1 Å². The van der Waals surface area contributed by atoms with E-state index >= 15 is 0 Å². The Balaban J connectivity index is 1.77. The molecule has 1 fully saturated rings.